The van der Waals surface area contributed by atoms with Crippen molar-refractivity contribution in [1.82, 2.24) is 24.7 Å². The van der Waals surface area contributed by atoms with Crippen molar-refractivity contribution in [3.8, 4) is 11.3 Å². The Labute approximate surface area is 237 Å². The van der Waals surface area contributed by atoms with Crippen LogP contribution in [0.2, 0.25) is 0 Å². The molecule has 13 heteroatoms. The minimum atomic E-state index is -4.15. The first-order chi connectivity index (χ1) is 19.6. The third-order valence-electron chi connectivity index (χ3n) is 7.43. The topological polar surface area (TPSA) is 150 Å². The van der Waals surface area contributed by atoms with E-state index in [1.54, 1.807) is 12.3 Å². The lowest BCUT2D eigenvalue weighted by Gasteiger charge is -2.33. The number of aryl methyl sites for hydroxylation is 1. The Kier molecular flexibility index (Phi) is 7.04. The number of rotatable bonds is 8. The maximum atomic E-state index is 15.3. The zero-order valence-corrected chi connectivity index (χ0v) is 23.8. The van der Waals surface area contributed by atoms with Crippen molar-refractivity contribution >= 4 is 32.6 Å². The molecule has 11 nitrogen and oxygen atoms in total. The smallest absolute Gasteiger partial charge is 0.297 e. The second kappa shape index (κ2) is 10.5. The van der Waals surface area contributed by atoms with Crippen LogP contribution in [0, 0.1) is 12.7 Å². The summed E-state index contributed by atoms with van der Waals surface area (Å²) in [6.45, 7) is 7.13. The highest BCUT2D eigenvalue weighted by molar-refractivity contribution is 7.92. The number of nitrogen functional groups attached to an aromatic ring is 1. The van der Waals surface area contributed by atoms with Crippen LogP contribution < -0.4 is 15.8 Å². The van der Waals surface area contributed by atoms with Crippen LogP contribution in [0.5, 0.6) is 0 Å². The Morgan fingerprint density at radius 3 is 2.59 bits per heavy atom. The average Bonchev–Trinajstić information content (AvgIpc) is 3.54. The molecule has 1 saturated heterocycles. The van der Waals surface area contributed by atoms with Gasteiger partial charge in [-0.25, -0.2) is 19.3 Å². The number of halogens is 1. The summed E-state index contributed by atoms with van der Waals surface area (Å²) in [5, 5.41) is 3.25. The van der Waals surface area contributed by atoms with Crippen molar-refractivity contribution in [2.45, 2.75) is 63.1 Å². The van der Waals surface area contributed by atoms with Gasteiger partial charge >= 0.3 is 0 Å². The van der Waals surface area contributed by atoms with Gasteiger partial charge in [0.25, 0.3) is 15.1 Å². The standard InChI is InChI=1S/C28H32FN7O4S/c1-15(2)28-34-25(18-6-9-22(21(29)10-18)35-41(37,38)24-12-31-16(3)40-24)26-27(30)32-11-23(36(26)28)17-4-7-19(8-5-17)33-20-13-39-14-20/h4,6,9-12,15,19-20,33,35H,5,7-8,13-14H2,1-3H3,(H2,30,32). The summed E-state index contributed by atoms with van der Waals surface area (Å²) >= 11 is 0. The van der Waals surface area contributed by atoms with E-state index in [1.165, 1.54) is 19.1 Å². The lowest BCUT2D eigenvalue weighted by molar-refractivity contribution is -0.0103. The molecule has 0 radical (unpaired) electrons. The summed E-state index contributed by atoms with van der Waals surface area (Å²) in [6.07, 6.45) is 7.85. The van der Waals surface area contributed by atoms with Gasteiger partial charge < -0.3 is 20.2 Å². The molecule has 4 heterocycles. The Morgan fingerprint density at radius 2 is 1.98 bits per heavy atom. The summed E-state index contributed by atoms with van der Waals surface area (Å²) in [5.74, 6) is 0.495. The van der Waals surface area contributed by atoms with E-state index in [0.29, 0.717) is 28.9 Å². The van der Waals surface area contributed by atoms with Crippen molar-refractivity contribution < 1.29 is 22.0 Å². The number of oxazole rings is 1. The summed E-state index contributed by atoms with van der Waals surface area (Å²) < 4.78 is 55.2. The molecule has 2 aliphatic rings. The van der Waals surface area contributed by atoms with Crippen LogP contribution in [0.1, 0.15) is 56.4 Å². The molecule has 1 aromatic carbocycles. The number of hydrogen-bond acceptors (Lipinski definition) is 9. The van der Waals surface area contributed by atoms with E-state index in [9.17, 15) is 8.42 Å². The molecule has 0 amide bonds. The van der Waals surface area contributed by atoms with Gasteiger partial charge in [0.2, 0.25) is 0 Å². The molecule has 4 aromatic rings. The molecule has 0 bridgehead atoms. The number of nitrogens with zero attached hydrogens (tertiary/aromatic N) is 4. The van der Waals surface area contributed by atoms with E-state index >= 15 is 4.39 Å². The largest absolute Gasteiger partial charge is 0.428 e. The van der Waals surface area contributed by atoms with Crippen LogP contribution in [-0.2, 0) is 14.8 Å². The maximum absolute atomic E-state index is 15.3. The highest BCUT2D eigenvalue weighted by Crippen LogP contribution is 2.36. The van der Waals surface area contributed by atoms with Gasteiger partial charge in [-0.3, -0.25) is 9.12 Å². The number of aromatic nitrogens is 4. The van der Waals surface area contributed by atoms with Gasteiger partial charge in [0.15, 0.2) is 5.89 Å². The van der Waals surface area contributed by atoms with Gasteiger partial charge in [0.1, 0.15) is 28.7 Å². The number of anilines is 2. The van der Waals surface area contributed by atoms with Crippen LogP contribution in [0.4, 0.5) is 15.9 Å². The molecule has 0 saturated carbocycles. The third-order valence-corrected chi connectivity index (χ3v) is 8.64. The van der Waals surface area contributed by atoms with Crippen molar-refractivity contribution in [2.24, 2.45) is 0 Å². The number of allylic oxidation sites excluding steroid dienone is 1. The average molecular weight is 582 g/mol. The van der Waals surface area contributed by atoms with Crippen molar-refractivity contribution in [3.05, 3.63) is 59.9 Å². The zero-order chi connectivity index (χ0) is 28.9. The zero-order valence-electron chi connectivity index (χ0n) is 23.0. The molecule has 1 fully saturated rings. The van der Waals surface area contributed by atoms with Gasteiger partial charge in [-0.05, 0) is 37.0 Å². The molecule has 1 aliphatic carbocycles. The Hall–Kier alpha value is -3.81. The molecule has 6 rings (SSSR count). The molecular formula is C28H32FN7O4S. The fraction of sp³-hybridized carbons (Fsp3) is 0.393. The number of ether oxygens (including phenoxy) is 1. The Morgan fingerprint density at radius 1 is 1.17 bits per heavy atom. The second-order valence-corrected chi connectivity index (χ2v) is 12.4. The van der Waals surface area contributed by atoms with Crippen LogP contribution in [0.3, 0.4) is 0 Å². The summed E-state index contributed by atoms with van der Waals surface area (Å²) in [6, 6.07) is 5.02. The highest BCUT2D eigenvalue weighted by Gasteiger charge is 2.27. The SMILES string of the molecule is Cc1ncc(S(=O)(=O)Nc2ccc(-c3nc(C(C)C)n4c(C5=CCC(NC6COC6)CC5)cnc(N)c34)cc2F)o1. The molecule has 216 valence electrons. The summed E-state index contributed by atoms with van der Waals surface area (Å²) in [7, 11) is -4.15. The first-order valence-corrected chi connectivity index (χ1v) is 15.0. The summed E-state index contributed by atoms with van der Waals surface area (Å²) in [4.78, 5) is 13.2. The van der Waals surface area contributed by atoms with Crippen molar-refractivity contribution in [3.63, 3.8) is 0 Å². The molecule has 0 spiro atoms. The van der Waals surface area contributed by atoms with Gasteiger partial charge in [0.05, 0.1) is 43.0 Å². The predicted octanol–water partition coefficient (Wildman–Crippen LogP) is 4.26. The quantitative estimate of drug-likeness (QED) is 0.277. The monoisotopic (exact) mass is 581 g/mol. The Balaban J connectivity index is 1.36. The van der Waals surface area contributed by atoms with E-state index in [1.807, 2.05) is 18.2 Å². The lowest BCUT2D eigenvalue weighted by atomic mass is 9.92. The molecular weight excluding hydrogens is 549 g/mol. The molecule has 4 N–H and O–H groups in total. The van der Waals surface area contributed by atoms with Crippen LogP contribution in [-0.4, -0.2) is 53.1 Å². The van der Waals surface area contributed by atoms with E-state index in [2.05, 4.69) is 26.1 Å². The van der Waals surface area contributed by atoms with Gasteiger partial charge in [-0.2, -0.15) is 8.42 Å². The first kappa shape index (κ1) is 27.4. The van der Waals surface area contributed by atoms with Gasteiger partial charge in [-0.1, -0.05) is 26.0 Å². The lowest BCUT2D eigenvalue weighted by Crippen LogP contribution is -2.50. The minimum absolute atomic E-state index is 0.0373. The molecule has 1 atom stereocenters. The number of nitrogens with two attached hydrogens (primary N) is 1. The number of benzene rings is 1. The Bertz CT molecular complexity index is 1760. The third kappa shape index (κ3) is 5.20. The minimum Gasteiger partial charge on any atom is -0.428 e. The van der Waals surface area contributed by atoms with E-state index < -0.39 is 20.9 Å². The van der Waals surface area contributed by atoms with E-state index in [0.717, 1.165) is 55.8 Å². The maximum Gasteiger partial charge on any atom is 0.297 e. The van der Waals surface area contributed by atoms with Crippen LogP contribution in [0.15, 0.2) is 46.2 Å². The van der Waals surface area contributed by atoms with E-state index in [4.69, 9.17) is 19.9 Å². The van der Waals surface area contributed by atoms with E-state index in [-0.39, 0.29) is 23.3 Å². The number of imidazole rings is 1. The van der Waals surface area contributed by atoms with Gasteiger partial charge in [0, 0.05) is 24.4 Å². The van der Waals surface area contributed by atoms with Gasteiger partial charge in [-0.15, -0.1) is 0 Å². The molecule has 41 heavy (non-hydrogen) atoms. The predicted molar refractivity (Wildman–Crippen MR) is 152 cm³/mol. The normalized spacial score (nSPS) is 18.1. The fourth-order valence-electron chi connectivity index (χ4n) is 5.27. The van der Waals surface area contributed by atoms with Crippen molar-refractivity contribution in [2.75, 3.05) is 23.7 Å². The number of hydrogen-bond donors (Lipinski definition) is 3. The molecule has 1 aliphatic heterocycles. The number of fused-ring (bicyclic) bond motifs is 1. The fourth-order valence-corrected chi connectivity index (χ4v) is 6.25. The number of nitrogens with one attached hydrogen (secondary N) is 2. The summed E-state index contributed by atoms with van der Waals surface area (Å²) in [5.41, 5.74) is 9.76. The molecule has 3 aromatic heterocycles. The molecule has 1 unspecified atom stereocenters. The number of sulfonamides is 1. The van der Waals surface area contributed by atoms with Crippen LogP contribution in [0.25, 0.3) is 22.3 Å². The second-order valence-electron chi connectivity index (χ2n) is 10.8. The van der Waals surface area contributed by atoms with Crippen molar-refractivity contribution in [1.29, 1.82) is 0 Å². The highest BCUT2D eigenvalue weighted by atomic mass is 32.2. The first-order valence-electron chi connectivity index (χ1n) is 13.6. The van der Waals surface area contributed by atoms with Crippen LogP contribution >= 0.6 is 0 Å².